The first kappa shape index (κ1) is 38.9. The molecule has 3 nitrogen and oxygen atoms in total. The Kier molecular flexibility index (Phi) is 8.77. The molecule has 1 aromatic heterocycles. The van der Waals surface area contributed by atoms with Crippen LogP contribution >= 0.6 is 0 Å². The Labute approximate surface area is 381 Å². The molecule has 3 heteroatoms. The Hall–Kier alpha value is -7.75. The molecule has 12 rings (SSSR count). The van der Waals surface area contributed by atoms with Crippen molar-refractivity contribution < 1.29 is 0 Å². The molecule has 0 atom stereocenters. The zero-order chi connectivity index (χ0) is 44.0. The first-order valence-corrected chi connectivity index (χ1v) is 22.8. The second-order valence-corrected chi connectivity index (χ2v) is 19.0. The van der Waals surface area contributed by atoms with Gasteiger partial charge in [-0.25, -0.2) is 4.98 Å². The Morgan fingerprint density at radius 2 is 0.938 bits per heavy atom. The van der Waals surface area contributed by atoms with E-state index in [0.717, 1.165) is 55.7 Å². The summed E-state index contributed by atoms with van der Waals surface area (Å²) in [5.41, 5.74) is 29.0. The summed E-state index contributed by atoms with van der Waals surface area (Å²) in [6, 6.07) is 73.2. The summed E-state index contributed by atoms with van der Waals surface area (Å²) < 4.78 is 0. The van der Waals surface area contributed by atoms with E-state index in [0.29, 0.717) is 6.54 Å². The number of benzene rings is 9. The highest BCUT2D eigenvalue weighted by atomic mass is 15.1. The first-order valence-electron chi connectivity index (χ1n) is 22.8. The normalized spacial score (nSPS) is 13.9. The minimum Gasteiger partial charge on any atom is -0.397 e. The van der Waals surface area contributed by atoms with Gasteiger partial charge in [-0.2, -0.15) is 0 Å². The van der Waals surface area contributed by atoms with E-state index >= 15 is 0 Å². The molecule has 0 fully saturated rings. The number of para-hydroxylation sites is 2. The SMILES string of the molecule is CC1(C)c2ccccc2-c2ccc(-c3cc(-c4ccc(N(Cc5ccccc5)c5ccccc5N)cc4)c4cc(-c5ccc6c(c5)C(C)(C)c5ccccc5-6)c5ccccc5c4n3)cc21. The fourth-order valence-corrected chi connectivity index (χ4v) is 11.0. The van der Waals surface area contributed by atoms with Crippen LogP contribution < -0.4 is 10.6 Å². The zero-order valence-corrected chi connectivity index (χ0v) is 37.2. The summed E-state index contributed by atoms with van der Waals surface area (Å²) in [5.74, 6) is 0. The van der Waals surface area contributed by atoms with E-state index in [9.17, 15) is 0 Å². The average Bonchev–Trinajstić information content (AvgIpc) is 3.72. The maximum absolute atomic E-state index is 6.67. The summed E-state index contributed by atoms with van der Waals surface area (Å²) in [7, 11) is 0. The molecule has 312 valence electrons. The highest BCUT2D eigenvalue weighted by molar-refractivity contribution is 6.16. The molecule has 0 radical (unpaired) electrons. The number of anilines is 3. The number of nitrogen functional groups attached to an aromatic ring is 1. The van der Waals surface area contributed by atoms with Gasteiger partial charge in [0.15, 0.2) is 0 Å². The molecular weight excluding hydrogens is 787 g/mol. The molecule has 1 heterocycles. The van der Waals surface area contributed by atoms with Crippen LogP contribution in [0.2, 0.25) is 0 Å². The van der Waals surface area contributed by atoms with E-state index in [1.165, 1.54) is 66.6 Å². The molecule has 10 aromatic rings. The second kappa shape index (κ2) is 14.7. The van der Waals surface area contributed by atoms with E-state index in [1.54, 1.807) is 0 Å². The number of hydrogen-bond donors (Lipinski definition) is 1. The van der Waals surface area contributed by atoms with Crippen molar-refractivity contribution >= 4 is 38.7 Å². The molecule has 0 aliphatic heterocycles. The summed E-state index contributed by atoms with van der Waals surface area (Å²) in [5, 5.41) is 3.47. The number of fused-ring (bicyclic) bond motifs is 9. The highest BCUT2D eigenvalue weighted by Crippen LogP contribution is 2.52. The third-order valence-electron chi connectivity index (χ3n) is 14.5. The number of nitrogens with zero attached hydrogens (tertiary/aromatic N) is 2. The second-order valence-electron chi connectivity index (χ2n) is 19.0. The van der Waals surface area contributed by atoms with Crippen LogP contribution in [0.1, 0.15) is 55.5 Å². The molecule has 2 aliphatic rings. The topological polar surface area (TPSA) is 42.1 Å². The molecule has 2 N–H and O–H groups in total. The van der Waals surface area contributed by atoms with Crippen molar-refractivity contribution in [2.75, 3.05) is 10.6 Å². The van der Waals surface area contributed by atoms with E-state index < -0.39 is 0 Å². The van der Waals surface area contributed by atoms with Crippen molar-refractivity contribution in [2.45, 2.75) is 45.1 Å². The molecule has 0 saturated heterocycles. The predicted molar refractivity (Wildman–Crippen MR) is 274 cm³/mol. The predicted octanol–water partition coefficient (Wildman–Crippen LogP) is 15.9. The lowest BCUT2D eigenvalue weighted by Gasteiger charge is -2.27. The van der Waals surface area contributed by atoms with E-state index in [4.69, 9.17) is 10.7 Å². The molecule has 0 spiro atoms. The summed E-state index contributed by atoms with van der Waals surface area (Å²) in [4.78, 5) is 7.96. The average molecular weight is 836 g/mol. The monoisotopic (exact) mass is 835 g/mol. The van der Waals surface area contributed by atoms with Crippen LogP contribution in [0.25, 0.3) is 77.4 Å². The first-order chi connectivity index (χ1) is 31.6. The summed E-state index contributed by atoms with van der Waals surface area (Å²) in [6.45, 7) is 10.1. The number of rotatable bonds is 7. The van der Waals surface area contributed by atoms with Crippen LogP contribution in [0.5, 0.6) is 0 Å². The molecule has 65 heavy (non-hydrogen) atoms. The third-order valence-corrected chi connectivity index (χ3v) is 14.5. The fraction of sp³-hybridized carbons (Fsp3) is 0.113. The Balaban J connectivity index is 1.06. The number of hydrogen-bond acceptors (Lipinski definition) is 3. The van der Waals surface area contributed by atoms with Crippen LogP contribution in [0.15, 0.2) is 200 Å². The van der Waals surface area contributed by atoms with E-state index in [1.807, 2.05) is 12.1 Å². The minimum absolute atomic E-state index is 0.109. The maximum Gasteiger partial charge on any atom is 0.0794 e. The third kappa shape index (κ3) is 6.14. The van der Waals surface area contributed by atoms with Gasteiger partial charge >= 0.3 is 0 Å². The van der Waals surface area contributed by atoms with Gasteiger partial charge in [0.2, 0.25) is 0 Å². The molecule has 9 aromatic carbocycles. The van der Waals surface area contributed by atoms with Crippen molar-refractivity contribution in [3.63, 3.8) is 0 Å². The molecule has 0 bridgehead atoms. The van der Waals surface area contributed by atoms with Crippen LogP contribution in [0.3, 0.4) is 0 Å². The highest BCUT2D eigenvalue weighted by Gasteiger charge is 2.37. The van der Waals surface area contributed by atoms with Crippen molar-refractivity contribution in [1.82, 2.24) is 4.98 Å². The Bertz CT molecular complexity index is 3520. The quantitative estimate of drug-likeness (QED) is 0.128. The van der Waals surface area contributed by atoms with Crippen LogP contribution in [0.4, 0.5) is 17.1 Å². The Morgan fingerprint density at radius 3 is 1.62 bits per heavy atom. The van der Waals surface area contributed by atoms with Crippen molar-refractivity contribution in [3.8, 4) is 55.8 Å². The van der Waals surface area contributed by atoms with Gasteiger partial charge in [0, 0.05) is 39.4 Å². The number of aromatic nitrogens is 1. The van der Waals surface area contributed by atoms with Gasteiger partial charge in [-0.05, 0) is 126 Å². The van der Waals surface area contributed by atoms with Crippen molar-refractivity contribution in [3.05, 3.63) is 228 Å². The smallest absolute Gasteiger partial charge is 0.0794 e. The summed E-state index contributed by atoms with van der Waals surface area (Å²) in [6.07, 6.45) is 0. The summed E-state index contributed by atoms with van der Waals surface area (Å²) >= 11 is 0. The van der Waals surface area contributed by atoms with Gasteiger partial charge in [-0.3, -0.25) is 0 Å². The molecule has 0 unspecified atom stereocenters. The number of nitrogens with two attached hydrogens (primary N) is 1. The van der Waals surface area contributed by atoms with E-state index in [2.05, 4.69) is 221 Å². The largest absolute Gasteiger partial charge is 0.397 e. The lowest BCUT2D eigenvalue weighted by Crippen LogP contribution is -2.17. The molecule has 0 amide bonds. The van der Waals surface area contributed by atoms with Crippen molar-refractivity contribution in [1.29, 1.82) is 0 Å². The van der Waals surface area contributed by atoms with E-state index in [-0.39, 0.29) is 10.8 Å². The van der Waals surface area contributed by atoms with Gasteiger partial charge < -0.3 is 10.6 Å². The van der Waals surface area contributed by atoms with Gasteiger partial charge in [0.1, 0.15) is 0 Å². The van der Waals surface area contributed by atoms with Crippen molar-refractivity contribution in [2.24, 2.45) is 0 Å². The standard InChI is InChI=1S/C62H49N3/c1-61(2)53-22-12-10-19-45(53)47-32-28-41(34-55(47)61)50-36-52-51(40-26-30-43(31-27-40)65(38-39-16-6-5-7-17-39)59-25-15-14-24-57(59)63)37-58(64-60(52)49-21-9-8-18-44(49)50)42-29-33-48-46-20-11-13-23-54(46)62(3,4)56(48)35-42/h5-37H,38,63H2,1-4H3. The fourth-order valence-electron chi connectivity index (χ4n) is 11.0. The van der Waals surface area contributed by atoms with Crippen LogP contribution in [-0.4, -0.2) is 4.98 Å². The lowest BCUT2D eigenvalue weighted by atomic mass is 9.81. The maximum atomic E-state index is 6.67. The van der Waals surface area contributed by atoms with Gasteiger partial charge in [0.25, 0.3) is 0 Å². The van der Waals surface area contributed by atoms with Crippen LogP contribution in [-0.2, 0) is 17.4 Å². The number of pyridine rings is 1. The minimum atomic E-state index is -0.126. The molecule has 0 saturated carbocycles. The molecular formula is C62H49N3. The molecule has 2 aliphatic carbocycles. The van der Waals surface area contributed by atoms with Crippen LogP contribution in [0, 0.1) is 0 Å². The van der Waals surface area contributed by atoms with Gasteiger partial charge in [-0.1, -0.05) is 179 Å². The lowest BCUT2D eigenvalue weighted by molar-refractivity contribution is 0.660. The Morgan fingerprint density at radius 1 is 0.415 bits per heavy atom. The van der Waals surface area contributed by atoms with Gasteiger partial charge in [0.05, 0.1) is 22.6 Å². The van der Waals surface area contributed by atoms with Gasteiger partial charge in [-0.15, -0.1) is 0 Å². The zero-order valence-electron chi connectivity index (χ0n) is 37.2.